The van der Waals surface area contributed by atoms with Gasteiger partial charge < -0.3 is 28.7 Å². The van der Waals surface area contributed by atoms with Crippen molar-refractivity contribution in [1.82, 2.24) is 33.9 Å². The topological polar surface area (TPSA) is 126 Å². The fraction of sp³-hybridized carbons (Fsp3) is 0.314. The molecule has 0 bridgehead atoms. The summed E-state index contributed by atoms with van der Waals surface area (Å²) in [5.41, 5.74) is 5.56. The monoisotopic (exact) mass is 987 g/mol. The molecule has 3 aromatic carbocycles. The first-order valence-corrected chi connectivity index (χ1v) is 25.0. The van der Waals surface area contributed by atoms with Crippen molar-refractivity contribution in [3.05, 3.63) is 147 Å². The van der Waals surface area contributed by atoms with Crippen molar-refractivity contribution in [1.29, 1.82) is 0 Å². The number of halogens is 2. The van der Waals surface area contributed by atoms with Gasteiger partial charge >= 0.3 is 0 Å². The maximum Gasteiger partial charge on any atom is 0.275 e. The highest BCUT2D eigenvalue weighted by atomic mass is 35.5. The minimum Gasteiger partial charge on any atom is -0.494 e. The molecular weight excluding hydrogens is 942 g/mol. The highest BCUT2D eigenvalue weighted by Crippen LogP contribution is 2.39. The van der Waals surface area contributed by atoms with Gasteiger partial charge in [0, 0.05) is 76.0 Å². The molecule has 9 heterocycles. The summed E-state index contributed by atoms with van der Waals surface area (Å²) in [6.45, 7) is 11.6. The van der Waals surface area contributed by atoms with Gasteiger partial charge in [-0.3, -0.25) is 18.7 Å². The van der Waals surface area contributed by atoms with E-state index in [1.54, 1.807) is 29.5 Å². The zero-order valence-electron chi connectivity index (χ0n) is 37.0. The predicted molar refractivity (Wildman–Crippen MR) is 269 cm³/mol. The number of benzene rings is 3. The summed E-state index contributed by atoms with van der Waals surface area (Å²) in [6, 6.07) is 30.3. The Bertz CT molecular complexity index is 2960. The number of pyridine rings is 1. The van der Waals surface area contributed by atoms with Gasteiger partial charge in [0.1, 0.15) is 27.8 Å². The van der Waals surface area contributed by atoms with E-state index >= 15 is 0 Å². The Hall–Kier alpha value is -5.49. The van der Waals surface area contributed by atoms with Gasteiger partial charge in [-0.2, -0.15) is 0 Å². The maximum atomic E-state index is 13.2. The molecular formula is C51H47Cl2N7O6S2. The number of rotatable bonds is 14. The molecule has 0 N–H and O–H groups in total. The number of hydrogen-bond donors (Lipinski definition) is 0. The van der Waals surface area contributed by atoms with Crippen molar-refractivity contribution >= 4 is 66.3 Å². The average Bonchev–Trinajstić information content (AvgIpc) is 3.95. The van der Waals surface area contributed by atoms with Crippen LogP contribution in [0, 0.1) is 10.8 Å². The lowest BCUT2D eigenvalue weighted by molar-refractivity contribution is -0.189. The fourth-order valence-corrected chi connectivity index (χ4v) is 11.6. The SMILES string of the molecule is O=c1c2sc(-c3ccc(Cl)cc3)cc2ncn1-c1ccc(OCCCN2CC3(COC3)C2)cc1.O=c1c2sc(-c3ccc(Cl)cc3)cc2ncn1-c1ccc(OCCCN2CC3(COC3)C2)nc1. The first-order valence-electron chi connectivity index (χ1n) is 22.6. The summed E-state index contributed by atoms with van der Waals surface area (Å²) < 4.78 is 26.7. The van der Waals surface area contributed by atoms with E-state index in [0.29, 0.717) is 66.1 Å². The molecule has 68 heavy (non-hydrogen) atoms. The van der Waals surface area contributed by atoms with Gasteiger partial charge in [-0.05, 0) is 90.7 Å². The van der Waals surface area contributed by atoms with E-state index in [-0.39, 0.29) is 11.1 Å². The molecule has 17 heteroatoms. The van der Waals surface area contributed by atoms with Crippen LogP contribution < -0.4 is 20.6 Å². The van der Waals surface area contributed by atoms with Gasteiger partial charge in [0.2, 0.25) is 5.88 Å². The molecule has 0 amide bonds. The van der Waals surface area contributed by atoms with E-state index in [9.17, 15) is 9.59 Å². The largest absolute Gasteiger partial charge is 0.494 e. The molecule has 12 rings (SSSR count). The third-order valence-electron chi connectivity index (χ3n) is 12.9. The van der Waals surface area contributed by atoms with Crippen molar-refractivity contribution in [3.8, 4) is 43.9 Å². The molecule has 0 radical (unpaired) electrons. The zero-order chi connectivity index (χ0) is 46.2. The van der Waals surface area contributed by atoms with E-state index in [1.165, 1.54) is 27.2 Å². The molecule has 4 aliphatic heterocycles. The molecule has 348 valence electrons. The molecule has 4 saturated heterocycles. The van der Waals surface area contributed by atoms with Crippen LogP contribution in [0.2, 0.25) is 10.0 Å². The van der Waals surface area contributed by atoms with Gasteiger partial charge in [-0.25, -0.2) is 15.0 Å². The van der Waals surface area contributed by atoms with E-state index < -0.39 is 0 Å². The lowest BCUT2D eigenvalue weighted by Crippen LogP contribution is -2.65. The van der Waals surface area contributed by atoms with Crippen LogP contribution in [0.4, 0.5) is 0 Å². The van der Waals surface area contributed by atoms with Crippen LogP contribution in [-0.2, 0) is 9.47 Å². The van der Waals surface area contributed by atoms with E-state index in [4.69, 9.17) is 42.1 Å². The molecule has 13 nitrogen and oxygen atoms in total. The Morgan fingerprint density at radius 1 is 0.574 bits per heavy atom. The normalized spacial score (nSPS) is 17.0. The number of hydrogen-bond acceptors (Lipinski definition) is 13. The van der Waals surface area contributed by atoms with Crippen LogP contribution in [0.1, 0.15) is 12.8 Å². The highest BCUT2D eigenvalue weighted by Gasteiger charge is 2.49. The number of likely N-dealkylation sites (tertiary alicyclic amines) is 2. The van der Waals surface area contributed by atoms with Crippen LogP contribution >= 0.6 is 45.9 Å². The second kappa shape index (κ2) is 19.1. The second-order valence-electron chi connectivity index (χ2n) is 18.2. The summed E-state index contributed by atoms with van der Waals surface area (Å²) in [6.07, 6.45) is 6.73. The molecule has 4 aliphatic rings. The van der Waals surface area contributed by atoms with E-state index in [0.717, 1.165) is 111 Å². The third-order valence-corrected chi connectivity index (χ3v) is 15.7. The maximum absolute atomic E-state index is 13.2. The molecule has 0 saturated carbocycles. The standard InChI is InChI=1S/C26H24ClN3O3S.C25H23ClN4O3S/c27-19-4-2-18(3-5-19)23-12-22-24(34-23)25(31)30(17-28-22)20-6-8-21(9-7-20)33-11-1-10-29-13-26(14-29)15-32-16-26;26-18-4-2-17(3-5-18)21-10-20-23(34-21)24(31)30(16-28-20)19-6-7-22(27-11-19)33-9-1-8-29-12-25(13-29)14-32-15-25/h2-9,12,17H,1,10-11,13-16H2;2-7,10-11,16H,1,8-9,12-15H2. The van der Waals surface area contributed by atoms with Gasteiger partial charge in [0.15, 0.2) is 0 Å². The highest BCUT2D eigenvalue weighted by molar-refractivity contribution is 7.22. The van der Waals surface area contributed by atoms with Crippen molar-refractivity contribution in [2.45, 2.75) is 12.8 Å². The number of ether oxygens (including phenoxy) is 4. The summed E-state index contributed by atoms with van der Waals surface area (Å²) >= 11 is 14.9. The molecule has 2 spiro atoms. The van der Waals surface area contributed by atoms with Crippen molar-refractivity contribution in [2.24, 2.45) is 10.8 Å². The quantitative estimate of drug-likeness (QED) is 0.0969. The van der Waals surface area contributed by atoms with Gasteiger partial charge in [-0.15, -0.1) is 22.7 Å². The van der Waals surface area contributed by atoms with Crippen LogP contribution in [-0.4, -0.2) is 113 Å². The molecule has 4 fully saturated rings. The number of thiophene rings is 2. The average molecular weight is 989 g/mol. The van der Waals surface area contributed by atoms with Crippen LogP contribution in [0.3, 0.4) is 0 Å². The Morgan fingerprint density at radius 2 is 1.04 bits per heavy atom. The minimum atomic E-state index is -0.116. The third kappa shape index (κ3) is 9.46. The van der Waals surface area contributed by atoms with Gasteiger partial charge in [0.05, 0.1) is 68.2 Å². The molecule has 8 aromatic rings. The zero-order valence-corrected chi connectivity index (χ0v) is 40.2. The summed E-state index contributed by atoms with van der Waals surface area (Å²) in [5, 5.41) is 1.37. The predicted octanol–water partition coefficient (Wildman–Crippen LogP) is 9.13. The summed E-state index contributed by atoms with van der Waals surface area (Å²) in [5.74, 6) is 1.36. The minimum absolute atomic E-state index is 0.0759. The molecule has 0 aliphatic carbocycles. The van der Waals surface area contributed by atoms with Crippen molar-refractivity contribution in [2.75, 3.05) is 78.9 Å². The van der Waals surface area contributed by atoms with Gasteiger partial charge in [0.25, 0.3) is 11.1 Å². The second-order valence-corrected chi connectivity index (χ2v) is 21.1. The van der Waals surface area contributed by atoms with Crippen LogP contribution in [0.25, 0.3) is 52.7 Å². The molecule has 5 aromatic heterocycles. The smallest absolute Gasteiger partial charge is 0.275 e. The number of fused-ring (bicyclic) bond motifs is 2. The first-order chi connectivity index (χ1) is 33.2. The number of aromatic nitrogens is 5. The van der Waals surface area contributed by atoms with Crippen molar-refractivity contribution in [3.63, 3.8) is 0 Å². The summed E-state index contributed by atoms with van der Waals surface area (Å²) in [4.78, 5) is 46.6. The lowest BCUT2D eigenvalue weighted by atomic mass is 9.78. The van der Waals surface area contributed by atoms with Crippen LogP contribution in [0.15, 0.2) is 126 Å². The Morgan fingerprint density at radius 3 is 1.50 bits per heavy atom. The summed E-state index contributed by atoms with van der Waals surface area (Å²) in [7, 11) is 0. The Balaban J connectivity index is 0.000000149. The Labute approximate surface area is 410 Å². The molecule has 0 unspecified atom stereocenters. The van der Waals surface area contributed by atoms with E-state index in [1.807, 2.05) is 91.0 Å². The van der Waals surface area contributed by atoms with Crippen LogP contribution in [0.5, 0.6) is 11.6 Å². The van der Waals surface area contributed by atoms with E-state index in [2.05, 4.69) is 24.8 Å². The molecule has 0 atom stereocenters. The number of nitrogens with zero attached hydrogens (tertiary/aromatic N) is 7. The first kappa shape index (κ1) is 45.0. The Kier molecular flexibility index (Phi) is 12.7. The lowest BCUT2D eigenvalue weighted by Gasteiger charge is -2.55. The van der Waals surface area contributed by atoms with Crippen molar-refractivity contribution < 1.29 is 18.9 Å². The fourth-order valence-electron chi connectivity index (χ4n) is 9.22. The van der Waals surface area contributed by atoms with Gasteiger partial charge in [-0.1, -0.05) is 47.5 Å².